The fourth-order valence-electron chi connectivity index (χ4n) is 1.52. The molecule has 0 unspecified atom stereocenters. The first-order valence-electron chi connectivity index (χ1n) is 5.90. The number of esters is 2. The van der Waals surface area contributed by atoms with Crippen molar-refractivity contribution in [2.24, 2.45) is 0 Å². The molecular formula is C12H14ClFN2O4. The molecular weight excluding hydrogens is 291 g/mol. The van der Waals surface area contributed by atoms with Gasteiger partial charge in [-0.05, 0) is 32.4 Å². The summed E-state index contributed by atoms with van der Waals surface area (Å²) in [6.45, 7) is 4.34. The topological polar surface area (TPSA) is 78.4 Å². The smallest absolute Gasteiger partial charge is 0.329 e. The number of hydrogen-bond donors (Lipinski definition) is 0. The lowest BCUT2D eigenvalue weighted by Gasteiger charge is -2.24. The average Bonchev–Trinajstić information content (AvgIpc) is 2.41. The summed E-state index contributed by atoms with van der Waals surface area (Å²) in [6, 6.07) is 0. The number of rotatable bonds is 5. The minimum Gasteiger partial charge on any atom is -0.465 e. The molecule has 1 aromatic heterocycles. The van der Waals surface area contributed by atoms with Gasteiger partial charge in [0.05, 0.1) is 19.4 Å². The number of aromatic nitrogens is 2. The van der Waals surface area contributed by atoms with Gasteiger partial charge in [0.15, 0.2) is 5.82 Å². The van der Waals surface area contributed by atoms with Crippen LogP contribution >= 0.6 is 11.6 Å². The normalized spacial score (nSPS) is 11.1. The van der Waals surface area contributed by atoms with Crippen molar-refractivity contribution in [3.8, 4) is 0 Å². The molecule has 20 heavy (non-hydrogen) atoms. The third-order valence-corrected chi connectivity index (χ3v) is 2.74. The molecule has 0 spiro atoms. The highest BCUT2D eigenvalue weighted by Crippen LogP contribution is 2.28. The second-order valence-corrected chi connectivity index (χ2v) is 4.24. The van der Waals surface area contributed by atoms with Gasteiger partial charge < -0.3 is 9.47 Å². The van der Waals surface area contributed by atoms with E-state index >= 15 is 0 Å². The molecule has 0 aliphatic heterocycles. The van der Waals surface area contributed by atoms with E-state index in [4.69, 9.17) is 21.1 Å². The van der Waals surface area contributed by atoms with Gasteiger partial charge in [-0.25, -0.2) is 14.4 Å². The van der Waals surface area contributed by atoms with Crippen molar-refractivity contribution in [1.82, 2.24) is 9.97 Å². The van der Waals surface area contributed by atoms with Crippen molar-refractivity contribution >= 4 is 23.5 Å². The van der Waals surface area contributed by atoms with Gasteiger partial charge >= 0.3 is 11.9 Å². The minimum atomic E-state index is -2.04. The second kappa shape index (κ2) is 6.60. The Morgan fingerprint density at radius 3 is 2.25 bits per heavy atom. The molecule has 0 aromatic carbocycles. The first-order valence-corrected chi connectivity index (χ1v) is 6.28. The molecule has 0 aliphatic rings. The Kier molecular flexibility index (Phi) is 5.38. The lowest BCUT2D eigenvalue weighted by molar-refractivity contribution is -0.164. The van der Waals surface area contributed by atoms with Crippen molar-refractivity contribution in [2.45, 2.75) is 26.2 Å². The van der Waals surface area contributed by atoms with Gasteiger partial charge in [0.2, 0.25) is 10.7 Å². The van der Waals surface area contributed by atoms with Gasteiger partial charge in [-0.15, -0.1) is 0 Å². The molecule has 6 nitrogen and oxygen atoms in total. The summed E-state index contributed by atoms with van der Waals surface area (Å²) in [5.41, 5.74) is -2.52. The summed E-state index contributed by atoms with van der Waals surface area (Å²) in [6.07, 6.45) is 0.779. The zero-order valence-electron chi connectivity index (χ0n) is 11.3. The summed E-state index contributed by atoms with van der Waals surface area (Å²) in [5.74, 6) is -2.88. The van der Waals surface area contributed by atoms with E-state index in [1.165, 1.54) is 6.92 Å². The fourth-order valence-corrected chi connectivity index (χ4v) is 1.66. The van der Waals surface area contributed by atoms with Gasteiger partial charge in [0, 0.05) is 0 Å². The molecule has 0 aliphatic carbocycles. The van der Waals surface area contributed by atoms with Crippen LogP contribution in [0, 0.1) is 5.82 Å². The maximum atomic E-state index is 13.9. The molecule has 0 N–H and O–H groups in total. The molecule has 8 heteroatoms. The number of carbonyl (C=O) groups is 2. The number of nitrogens with zero attached hydrogens (tertiary/aromatic N) is 2. The highest BCUT2D eigenvalue weighted by atomic mass is 35.5. The van der Waals surface area contributed by atoms with Crippen LogP contribution in [0.3, 0.4) is 0 Å². The number of halogens is 2. The molecule has 0 atom stereocenters. The first-order chi connectivity index (χ1) is 9.37. The quantitative estimate of drug-likeness (QED) is 0.467. The Balaban J connectivity index is 3.40. The Bertz CT molecular complexity index is 506. The van der Waals surface area contributed by atoms with Crippen LogP contribution in [-0.4, -0.2) is 35.1 Å². The number of hydrogen-bond acceptors (Lipinski definition) is 6. The third kappa shape index (κ3) is 3.04. The van der Waals surface area contributed by atoms with Crippen LogP contribution in [0.15, 0.2) is 6.20 Å². The molecule has 0 fully saturated rings. The van der Waals surface area contributed by atoms with Gasteiger partial charge in [-0.2, -0.15) is 0 Å². The van der Waals surface area contributed by atoms with Gasteiger partial charge in [0.1, 0.15) is 5.69 Å². The largest absolute Gasteiger partial charge is 0.465 e. The van der Waals surface area contributed by atoms with Crippen LogP contribution in [0.1, 0.15) is 26.5 Å². The molecule has 1 aromatic rings. The third-order valence-electron chi connectivity index (χ3n) is 2.56. The van der Waals surface area contributed by atoms with Crippen molar-refractivity contribution in [3.63, 3.8) is 0 Å². The van der Waals surface area contributed by atoms with E-state index in [0.717, 1.165) is 6.20 Å². The molecule has 110 valence electrons. The molecule has 1 rings (SSSR count). The second-order valence-electron chi connectivity index (χ2n) is 3.90. The fraction of sp³-hybridized carbons (Fsp3) is 0.500. The van der Waals surface area contributed by atoms with E-state index in [9.17, 15) is 14.0 Å². The summed E-state index contributed by atoms with van der Waals surface area (Å²) < 4.78 is 23.5. The maximum Gasteiger partial charge on any atom is 0.329 e. The van der Waals surface area contributed by atoms with E-state index in [2.05, 4.69) is 9.97 Å². The van der Waals surface area contributed by atoms with Gasteiger partial charge in [-0.3, -0.25) is 9.59 Å². The van der Waals surface area contributed by atoms with E-state index in [0.29, 0.717) is 0 Å². The van der Waals surface area contributed by atoms with Crippen LogP contribution in [0.4, 0.5) is 4.39 Å². The lowest BCUT2D eigenvalue weighted by Crippen LogP contribution is -2.45. The molecule has 0 saturated heterocycles. The lowest BCUT2D eigenvalue weighted by atomic mass is 9.86. The number of ether oxygens (including phenoxy) is 2. The predicted octanol–water partition coefficient (Wildman–Crippen LogP) is 1.65. The van der Waals surface area contributed by atoms with Crippen LogP contribution in [-0.2, 0) is 24.5 Å². The van der Waals surface area contributed by atoms with Gasteiger partial charge in [-0.1, -0.05) is 0 Å². The van der Waals surface area contributed by atoms with E-state index in [1.807, 2.05) is 0 Å². The highest BCUT2D eigenvalue weighted by molar-refractivity contribution is 6.28. The Hall–Kier alpha value is -1.76. The van der Waals surface area contributed by atoms with E-state index in [-0.39, 0.29) is 18.5 Å². The van der Waals surface area contributed by atoms with E-state index < -0.39 is 28.9 Å². The van der Waals surface area contributed by atoms with Gasteiger partial charge in [0.25, 0.3) is 0 Å². The predicted molar refractivity (Wildman–Crippen MR) is 67.6 cm³/mol. The zero-order chi connectivity index (χ0) is 15.3. The van der Waals surface area contributed by atoms with Crippen LogP contribution in [0.2, 0.25) is 5.28 Å². The highest BCUT2D eigenvalue weighted by Gasteiger charge is 2.49. The molecule has 0 saturated carbocycles. The van der Waals surface area contributed by atoms with E-state index in [1.54, 1.807) is 13.8 Å². The van der Waals surface area contributed by atoms with Crippen molar-refractivity contribution in [3.05, 3.63) is 23.0 Å². The Labute approximate surface area is 120 Å². The van der Waals surface area contributed by atoms with Crippen molar-refractivity contribution in [2.75, 3.05) is 13.2 Å². The molecule has 0 amide bonds. The summed E-state index contributed by atoms with van der Waals surface area (Å²) in [4.78, 5) is 31.2. The average molecular weight is 305 g/mol. The molecule has 0 radical (unpaired) electrons. The SMILES string of the molecule is CCOC(=O)C(C)(C(=O)OCC)c1nc(Cl)ncc1F. The van der Waals surface area contributed by atoms with Crippen molar-refractivity contribution in [1.29, 1.82) is 0 Å². The van der Waals surface area contributed by atoms with Crippen molar-refractivity contribution < 1.29 is 23.5 Å². The number of carbonyl (C=O) groups excluding carboxylic acids is 2. The van der Waals surface area contributed by atoms with Crippen LogP contribution in [0.5, 0.6) is 0 Å². The van der Waals surface area contributed by atoms with Crippen LogP contribution in [0.25, 0.3) is 0 Å². The maximum absolute atomic E-state index is 13.9. The zero-order valence-corrected chi connectivity index (χ0v) is 12.0. The molecule has 1 heterocycles. The Morgan fingerprint density at radius 1 is 1.30 bits per heavy atom. The summed E-state index contributed by atoms with van der Waals surface area (Å²) in [5, 5.41) is -0.291. The standard InChI is InChI=1S/C12H14ClFN2O4/c1-4-19-9(17)12(3,10(18)20-5-2)8-7(14)6-15-11(13)16-8/h6H,4-5H2,1-3H3. The summed E-state index contributed by atoms with van der Waals surface area (Å²) >= 11 is 5.59. The Morgan fingerprint density at radius 2 is 1.80 bits per heavy atom. The first kappa shape index (κ1) is 16.3. The minimum absolute atomic E-state index is 0.0221. The molecule has 0 bridgehead atoms. The summed E-state index contributed by atoms with van der Waals surface area (Å²) in [7, 11) is 0. The monoisotopic (exact) mass is 304 g/mol. The van der Waals surface area contributed by atoms with Crippen LogP contribution < -0.4 is 0 Å².